The van der Waals surface area contributed by atoms with Crippen LogP contribution >= 0.6 is 0 Å². The van der Waals surface area contributed by atoms with Gasteiger partial charge in [0.2, 0.25) is 0 Å². The maximum absolute atomic E-state index is 13.4. The molecule has 0 spiro atoms. The standard InChI is InChI=1S/C26H40N2O2/c1-16-14-28(27-17(16)2)15-24(29)23-8-7-22-21-6-5-18-13-25(3,30)11-9-19(18)20(21)10-12-26(22,23)4/h14,18-23,30H,5-13,15H2,1-4H3. The summed E-state index contributed by atoms with van der Waals surface area (Å²) in [5.74, 6) is 4.52. The highest BCUT2D eigenvalue weighted by molar-refractivity contribution is 5.82. The molecule has 0 bridgehead atoms. The molecule has 0 saturated heterocycles. The second kappa shape index (κ2) is 7.18. The smallest absolute Gasteiger partial charge is 0.157 e. The first kappa shape index (κ1) is 20.7. The molecule has 1 N–H and O–H groups in total. The van der Waals surface area contributed by atoms with Crippen LogP contribution in [0.15, 0.2) is 6.20 Å². The number of ketones is 1. The molecule has 4 nitrogen and oxygen atoms in total. The molecule has 5 rings (SSSR count). The van der Waals surface area contributed by atoms with E-state index in [1.54, 1.807) is 0 Å². The lowest BCUT2D eigenvalue weighted by Gasteiger charge is -2.56. The van der Waals surface area contributed by atoms with Crippen molar-refractivity contribution < 1.29 is 9.90 Å². The third kappa shape index (κ3) is 3.29. The molecule has 0 amide bonds. The number of carbonyl (C=O) groups is 1. The van der Waals surface area contributed by atoms with E-state index < -0.39 is 5.60 Å². The van der Waals surface area contributed by atoms with Crippen LogP contribution in [0.5, 0.6) is 0 Å². The fraction of sp³-hybridized carbons (Fsp3) is 0.846. The zero-order valence-corrected chi connectivity index (χ0v) is 19.4. The Hall–Kier alpha value is -1.16. The number of aromatic nitrogens is 2. The fourth-order valence-electron chi connectivity index (χ4n) is 8.58. The van der Waals surface area contributed by atoms with Crippen LogP contribution in [-0.4, -0.2) is 26.3 Å². The number of rotatable bonds is 3. The van der Waals surface area contributed by atoms with Crippen LogP contribution in [0.4, 0.5) is 0 Å². The summed E-state index contributed by atoms with van der Waals surface area (Å²) in [5, 5.41) is 15.1. The molecule has 4 aliphatic rings. The fourth-order valence-corrected chi connectivity index (χ4v) is 8.58. The minimum absolute atomic E-state index is 0.183. The second-order valence-electron chi connectivity index (χ2n) is 11.9. The molecule has 0 aliphatic heterocycles. The van der Waals surface area contributed by atoms with Gasteiger partial charge in [-0.1, -0.05) is 6.92 Å². The van der Waals surface area contributed by atoms with Crippen LogP contribution < -0.4 is 0 Å². The predicted molar refractivity (Wildman–Crippen MR) is 118 cm³/mol. The lowest BCUT2D eigenvalue weighted by atomic mass is 9.49. The summed E-state index contributed by atoms with van der Waals surface area (Å²) in [4.78, 5) is 13.4. The van der Waals surface area contributed by atoms with Gasteiger partial charge in [-0.05, 0) is 119 Å². The van der Waals surface area contributed by atoms with Crippen molar-refractivity contribution in [2.75, 3.05) is 0 Å². The van der Waals surface area contributed by atoms with Crippen LogP contribution in [-0.2, 0) is 11.3 Å². The molecule has 1 aromatic heterocycles. The Balaban J connectivity index is 1.31. The van der Waals surface area contributed by atoms with Gasteiger partial charge in [-0.25, -0.2) is 0 Å². The molecule has 4 heteroatoms. The van der Waals surface area contributed by atoms with Gasteiger partial charge in [0.1, 0.15) is 0 Å². The maximum atomic E-state index is 13.4. The Bertz CT molecular complexity index is 807. The van der Waals surface area contributed by atoms with Crippen molar-refractivity contribution in [1.82, 2.24) is 9.78 Å². The summed E-state index contributed by atoms with van der Waals surface area (Å²) < 4.78 is 1.87. The third-order valence-corrected chi connectivity index (χ3v) is 10.1. The Kier molecular flexibility index (Phi) is 4.96. The molecule has 8 unspecified atom stereocenters. The van der Waals surface area contributed by atoms with E-state index in [0.29, 0.717) is 12.3 Å². The average molecular weight is 413 g/mol. The van der Waals surface area contributed by atoms with E-state index in [1.165, 1.54) is 44.1 Å². The lowest BCUT2D eigenvalue weighted by Crippen LogP contribution is -2.51. The quantitative estimate of drug-likeness (QED) is 0.752. The first-order chi connectivity index (χ1) is 14.2. The van der Waals surface area contributed by atoms with E-state index in [9.17, 15) is 9.90 Å². The molecule has 4 saturated carbocycles. The van der Waals surface area contributed by atoms with E-state index in [0.717, 1.165) is 54.5 Å². The number of hydrogen-bond acceptors (Lipinski definition) is 3. The molecule has 30 heavy (non-hydrogen) atoms. The van der Waals surface area contributed by atoms with E-state index in [4.69, 9.17) is 0 Å². The summed E-state index contributed by atoms with van der Waals surface area (Å²) in [5.41, 5.74) is 1.94. The molecule has 8 atom stereocenters. The van der Waals surface area contributed by atoms with Gasteiger partial charge in [0.25, 0.3) is 0 Å². The molecular formula is C26H40N2O2. The normalized spacial score (nSPS) is 45.5. The van der Waals surface area contributed by atoms with Crippen molar-refractivity contribution in [2.45, 2.75) is 97.6 Å². The monoisotopic (exact) mass is 412 g/mol. The van der Waals surface area contributed by atoms with Crippen LogP contribution in [0.3, 0.4) is 0 Å². The van der Waals surface area contributed by atoms with E-state index in [-0.39, 0.29) is 11.3 Å². The van der Waals surface area contributed by atoms with Crippen LogP contribution in [0.2, 0.25) is 0 Å². The van der Waals surface area contributed by atoms with Gasteiger partial charge in [-0.3, -0.25) is 9.48 Å². The first-order valence-corrected chi connectivity index (χ1v) is 12.4. The van der Waals surface area contributed by atoms with Crippen molar-refractivity contribution in [3.05, 3.63) is 17.5 Å². The number of nitrogens with zero attached hydrogens (tertiary/aromatic N) is 2. The largest absolute Gasteiger partial charge is 0.390 e. The summed E-state index contributed by atoms with van der Waals surface area (Å²) in [6, 6.07) is 0. The van der Waals surface area contributed by atoms with Crippen LogP contribution in [0.1, 0.15) is 82.9 Å². The van der Waals surface area contributed by atoms with Crippen LogP contribution in [0.25, 0.3) is 0 Å². The van der Waals surface area contributed by atoms with E-state index in [1.807, 2.05) is 24.7 Å². The summed E-state index contributed by atoms with van der Waals surface area (Å²) >= 11 is 0. The molecule has 4 fully saturated rings. The molecular weight excluding hydrogens is 372 g/mol. The molecule has 0 aromatic carbocycles. The maximum Gasteiger partial charge on any atom is 0.157 e. The highest BCUT2D eigenvalue weighted by Crippen LogP contribution is 2.64. The Morgan fingerprint density at radius 1 is 1.07 bits per heavy atom. The molecule has 1 aromatic rings. The number of fused-ring (bicyclic) bond motifs is 5. The van der Waals surface area contributed by atoms with Gasteiger partial charge >= 0.3 is 0 Å². The minimum Gasteiger partial charge on any atom is -0.390 e. The molecule has 0 radical (unpaired) electrons. The van der Waals surface area contributed by atoms with Crippen molar-refractivity contribution in [2.24, 2.45) is 40.9 Å². The average Bonchev–Trinajstić information content (AvgIpc) is 3.19. The Labute approximate surface area is 181 Å². The van der Waals surface area contributed by atoms with Gasteiger partial charge in [0.05, 0.1) is 17.8 Å². The third-order valence-electron chi connectivity index (χ3n) is 10.1. The van der Waals surface area contributed by atoms with Crippen molar-refractivity contribution in [1.29, 1.82) is 0 Å². The van der Waals surface area contributed by atoms with Gasteiger partial charge in [-0.2, -0.15) is 5.10 Å². The summed E-state index contributed by atoms with van der Waals surface area (Å²) in [6.45, 7) is 9.02. The molecule has 166 valence electrons. The predicted octanol–water partition coefficient (Wildman–Crippen LogP) is 5.09. The Morgan fingerprint density at radius 2 is 1.83 bits per heavy atom. The zero-order valence-electron chi connectivity index (χ0n) is 19.4. The summed E-state index contributed by atoms with van der Waals surface area (Å²) in [6.07, 6.45) is 12.7. The number of aryl methyl sites for hydroxylation is 2. The van der Waals surface area contributed by atoms with Gasteiger partial charge in [0, 0.05) is 12.1 Å². The topological polar surface area (TPSA) is 55.1 Å². The number of carbonyl (C=O) groups excluding carboxylic acids is 1. The first-order valence-electron chi connectivity index (χ1n) is 12.4. The second-order valence-corrected chi connectivity index (χ2v) is 11.9. The zero-order chi connectivity index (χ0) is 21.3. The Morgan fingerprint density at radius 3 is 2.57 bits per heavy atom. The van der Waals surface area contributed by atoms with Crippen molar-refractivity contribution >= 4 is 5.78 Å². The summed E-state index contributed by atoms with van der Waals surface area (Å²) in [7, 11) is 0. The molecule has 1 heterocycles. The van der Waals surface area contributed by atoms with Gasteiger partial charge in [-0.15, -0.1) is 0 Å². The minimum atomic E-state index is -0.439. The number of aliphatic hydroxyl groups is 1. The van der Waals surface area contributed by atoms with Gasteiger partial charge in [0.15, 0.2) is 5.78 Å². The van der Waals surface area contributed by atoms with Gasteiger partial charge < -0.3 is 5.11 Å². The highest BCUT2D eigenvalue weighted by atomic mass is 16.3. The van der Waals surface area contributed by atoms with Crippen LogP contribution in [0, 0.1) is 54.8 Å². The SMILES string of the molecule is Cc1cn(CC(=O)C2CCC3C4CCC5CC(C)(O)CCC5C4CCC23C)nc1C. The van der Waals surface area contributed by atoms with E-state index in [2.05, 4.69) is 18.9 Å². The lowest BCUT2D eigenvalue weighted by molar-refractivity contribution is -0.133. The number of hydrogen-bond donors (Lipinski definition) is 1. The van der Waals surface area contributed by atoms with Crippen molar-refractivity contribution in [3.8, 4) is 0 Å². The van der Waals surface area contributed by atoms with Crippen molar-refractivity contribution in [3.63, 3.8) is 0 Å². The van der Waals surface area contributed by atoms with E-state index >= 15 is 0 Å². The number of Topliss-reactive ketones (excluding diaryl/α,β-unsaturated/α-hetero) is 1. The molecule has 4 aliphatic carbocycles. The highest BCUT2D eigenvalue weighted by Gasteiger charge is 2.58.